The average Bonchev–Trinajstić information content (AvgIpc) is 3.44. The molecule has 0 spiro atoms. The number of rotatable bonds is 7. The fraction of sp³-hybridized carbons (Fsp3) is 0.409. The summed E-state index contributed by atoms with van der Waals surface area (Å²) < 4.78 is 0. The van der Waals surface area contributed by atoms with E-state index in [2.05, 4.69) is 37.3 Å². The van der Waals surface area contributed by atoms with Crippen molar-refractivity contribution < 1.29 is 9.90 Å². The number of likely N-dealkylation sites (N-methyl/N-ethyl adjacent to an activating group) is 1. The van der Waals surface area contributed by atoms with Gasteiger partial charge in [-0.05, 0) is 81.6 Å². The maximum atomic E-state index is 12.1. The van der Waals surface area contributed by atoms with E-state index in [-0.39, 0.29) is 23.6 Å². The Labute approximate surface area is 166 Å². The van der Waals surface area contributed by atoms with Gasteiger partial charge in [0.05, 0.1) is 0 Å². The molecule has 0 radical (unpaired) electrons. The summed E-state index contributed by atoms with van der Waals surface area (Å²) >= 11 is 6.30. The van der Waals surface area contributed by atoms with Crippen molar-refractivity contribution in [2.45, 2.75) is 38.6 Å². The summed E-state index contributed by atoms with van der Waals surface area (Å²) in [6, 6.07) is 11.5. The van der Waals surface area contributed by atoms with Gasteiger partial charge in [0.1, 0.15) is 5.75 Å². The van der Waals surface area contributed by atoms with Crippen LogP contribution in [0.3, 0.4) is 0 Å². The molecule has 144 valence electrons. The zero-order valence-corrected chi connectivity index (χ0v) is 16.9. The van der Waals surface area contributed by atoms with Crippen LogP contribution < -0.4 is 5.32 Å². The summed E-state index contributed by atoms with van der Waals surface area (Å²) in [4.78, 5) is 14.3. The van der Waals surface area contributed by atoms with Gasteiger partial charge in [-0.25, -0.2) is 0 Å². The Hall–Kier alpha value is -2.04. The van der Waals surface area contributed by atoms with Crippen LogP contribution in [-0.4, -0.2) is 36.1 Å². The molecular weight excluding hydrogens is 360 g/mol. The molecule has 1 amide bonds. The molecule has 0 aromatic heterocycles. The molecule has 0 unspecified atom stereocenters. The minimum atomic E-state index is 0.135. The normalized spacial score (nSPS) is 15.0. The second-order valence-electron chi connectivity index (χ2n) is 7.65. The number of amides is 1. The predicted octanol–water partition coefficient (Wildman–Crippen LogP) is 4.42. The van der Waals surface area contributed by atoms with Crippen molar-refractivity contribution in [1.82, 2.24) is 4.90 Å². The van der Waals surface area contributed by atoms with Gasteiger partial charge in [-0.15, -0.1) is 0 Å². The maximum Gasteiger partial charge on any atom is 0.227 e. The van der Waals surface area contributed by atoms with Crippen LogP contribution in [0.2, 0.25) is 5.02 Å². The van der Waals surface area contributed by atoms with Gasteiger partial charge in [0.25, 0.3) is 0 Å². The number of hydrogen-bond donors (Lipinski definition) is 2. The lowest BCUT2D eigenvalue weighted by Gasteiger charge is -2.26. The molecule has 0 aliphatic heterocycles. The molecule has 0 saturated heterocycles. The number of nitrogens with one attached hydrogen (secondary N) is 1. The summed E-state index contributed by atoms with van der Waals surface area (Å²) in [7, 11) is 4.13. The molecule has 2 aromatic rings. The van der Waals surface area contributed by atoms with Crippen molar-refractivity contribution >= 4 is 23.2 Å². The fourth-order valence-corrected chi connectivity index (χ4v) is 3.52. The highest BCUT2D eigenvalue weighted by Gasteiger charge is 2.30. The number of carbonyl (C=O) groups excluding carboxylic acids is 1. The molecule has 1 fully saturated rings. The van der Waals surface area contributed by atoms with Crippen LogP contribution in [0.5, 0.6) is 5.75 Å². The Morgan fingerprint density at radius 1 is 1.22 bits per heavy atom. The number of anilines is 1. The van der Waals surface area contributed by atoms with E-state index in [9.17, 15) is 9.90 Å². The van der Waals surface area contributed by atoms with Crippen molar-refractivity contribution in [3.63, 3.8) is 0 Å². The first-order valence-corrected chi connectivity index (χ1v) is 9.76. The highest BCUT2D eigenvalue weighted by Crippen LogP contribution is 2.31. The highest BCUT2D eigenvalue weighted by molar-refractivity contribution is 6.31. The molecule has 0 bridgehead atoms. The van der Waals surface area contributed by atoms with E-state index in [0.717, 1.165) is 42.5 Å². The highest BCUT2D eigenvalue weighted by atomic mass is 35.5. The first kappa shape index (κ1) is 19.7. The van der Waals surface area contributed by atoms with E-state index in [1.165, 1.54) is 5.56 Å². The zero-order valence-electron chi connectivity index (χ0n) is 16.1. The summed E-state index contributed by atoms with van der Waals surface area (Å²) in [5, 5.41) is 13.2. The number of aromatic hydroxyl groups is 1. The Bertz CT molecular complexity index is 831. The quantitative estimate of drug-likeness (QED) is 0.740. The Kier molecular flexibility index (Phi) is 6.08. The van der Waals surface area contributed by atoms with Crippen LogP contribution in [0, 0.1) is 12.8 Å². The van der Waals surface area contributed by atoms with E-state index in [4.69, 9.17) is 11.6 Å². The van der Waals surface area contributed by atoms with Crippen LogP contribution in [0.15, 0.2) is 36.4 Å². The van der Waals surface area contributed by atoms with Crippen molar-refractivity contribution in [3.8, 4) is 5.75 Å². The van der Waals surface area contributed by atoms with Crippen LogP contribution in [0.1, 0.15) is 29.5 Å². The molecule has 1 aliphatic carbocycles. The number of phenols is 1. The molecule has 0 heterocycles. The van der Waals surface area contributed by atoms with E-state index >= 15 is 0 Å². The Morgan fingerprint density at radius 3 is 2.56 bits per heavy atom. The first-order chi connectivity index (χ1) is 12.8. The third kappa shape index (κ3) is 5.02. The third-order valence-electron chi connectivity index (χ3n) is 5.33. The molecular formula is C22H27ClN2O2. The number of phenolic OH excluding ortho intramolecular Hbond substituents is 1. The number of hydrogen-bond acceptors (Lipinski definition) is 3. The van der Waals surface area contributed by atoms with Gasteiger partial charge in [0, 0.05) is 22.7 Å². The molecule has 2 N–H and O–H groups in total. The lowest BCUT2D eigenvalue weighted by molar-refractivity contribution is -0.117. The molecule has 4 nitrogen and oxygen atoms in total. The monoisotopic (exact) mass is 386 g/mol. The number of nitrogens with zero attached hydrogens (tertiary/aromatic N) is 1. The Morgan fingerprint density at radius 2 is 1.93 bits per heavy atom. The zero-order chi connectivity index (χ0) is 19.6. The fourth-order valence-electron chi connectivity index (χ4n) is 3.27. The SMILES string of the molecule is Cc1c(C[C@@H](Cc2ccc(O)cc2Cl)N(C)C)cccc1NC(=O)C1CC1. The molecule has 5 heteroatoms. The van der Waals surface area contributed by atoms with Gasteiger partial charge < -0.3 is 15.3 Å². The Balaban J connectivity index is 1.76. The van der Waals surface area contributed by atoms with Crippen molar-refractivity contribution in [1.29, 1.82) is 0 Å². The lowest BCUT2D eigenvalue weighted by atomic mass is 9.94. The van der Waals surface area contributed by atoms with Crippen LogP contribution in [0.4, 0.5) is 5.69 Å². The third-order valence-corrected chi connectivity index (χ3v) is 5.68. The number of halogens is 1. The van der Waals surface area contributed by atoms with Gasteiger partial charge >= 0.3 is 0 Å². The van der Waals surface area contributed by atoms with E-state index in [1.807, 2.05) is 18.2 Å². The van der Waals surface area contributed by atoms with E-state index < -0.39 is 0 Å². The van der Waals surface area contributed by atoms with Crippen LogP contribution in [-0.2, 0) is 17.6 Å². The van der Waals surface area contributed by atoms with Crippen molar-refractivity contribution in [3.05, 3.63) is 58.1 Å². The van der Waals surface area contributed by atoms with Gasteiger partial charge in [-0.1, -0.05) is 29.8 Å². The van der Waals surface area contributed by atoms with E-state index in [0.29, 0.717) is 5.02 Å². The molecule has 27 heavy (non-hydrogen) atoms. The predicted molar refractivity (Wildman–Crippen MR) is 111 cm³/mol. The van der Waals surface area contributed by atoms with Gasteiger partial charge in [-0.3, -0.25) is 4.79 Å². The maximum absolute atomic E-state index is 12.1. The lowest BCUT2D eigenvalue weighted by Crippen LogP contribution is -2.32. The molecule has 3 rings (SSSR count). The minimum absolute atomic E-state index is 0.135. The smallest absolute Gasteiger partial charge is 0.227 e. The van der Waals surface area contributed by atoms with E-state index in [1.54, 1.807) is 12.1 Å². The average molecular weight is 387 g/mol. The number of carbonyl (C=O) groups is 1. The standard InChI is InChI=1S/C22H27ClN2O2/c1-14-16(5-4-6-21(14)24-22(27)15-7-8-15)11-18(25(2)3)12-17-9-10-19(26)13-20(17)23/h4-6,9-10,13,15,18,26H,7-8,11-12H2,1-3H3,(H,24,27)/t18-/m0/s1. The molecule has 1 atom stereocenters. The van der Waals surface area contributed by atoms with Gasteiger partial charge in [0.15, 0.2) is 0 Å². The molecule has 1 saturated carbocycles. The topological polar surface area (TPSA) is 52.6 Å². The van der Waals surface area contributed by atoms with Gasteiger partial charge in [0.2, 0.25) is 5.91 Å². The van der Waals surface area contributed by atoms with Gasteiger partial charge in [-0.2, -0.15) is 0 Å². The second-order valence-corrected chi connectivity index (χ2v) is 8.06. The van der Waals surface area contributed by atoms with Crippen molar-refractivity contribution in [2.24, 2.45) is 5.92 Å². The summed E-state index contributed by atoms with van der Waals surface area (Å²) in [6.07, 6.45) is 3.63. The molecule has 2 aromatic carbocycles. The number of benzene rings is 2. The van der Waals surface area contributed by atoms with Crippen LogP contribution >= 0.6 is 11.6 Å². The summed E-state index contributed by atoms with van der Waals surface area (Å²) in [6.45, 7) is 2.07. The second kappa shape index (κ2) is 8.32. The minimum Gasteiger partial charge on any atom is -0.508 e. The summed E-state index contributed by atoms with van der Waals surface area (Å²) in [5.41, 5.74) is 4.26. The molecule has 1 aliphatic rings. The first-order valence-electron chi connectivity index (χ1n) is 9.38. The van der Waals surface area contributed by atoms with Crippen LogP contribution in [0.25, 0.3) is 0 Å². The summed E-state index contributed by atoms with van der Waals surface area (Å²) in [5.74, 6) is 0.509. The largest absolute Gasteiger partial charge is 0.508 e. The van der Waals surface area contributed by atoms with Crippen molar-refractivity contribution in [2.75, 3.05) is 19.4 Å².